The number of aromatic nitrogens is 4. The molecule has 0 saturated carbocycles. The zero-order valence-corrected chi connectivity index (χ0v) is 17.7. The molecule has 0 aliphatic heterocycles. The van der Waals surface area contributed by atoms with Crippen LogP contribution in [0.3, 0.4) is 0 Å². The van der Waals surface area contributed by atoms with Crippen LogP contribution in [0.25, 0.3) is 22.4 Å². The summed E-state index contributed by atoms with van der Waals surface area (Å²) in [5.74, 6) is 0.891. The van der Waals surface area contributed by atoms with Crippen molar-refractivity contribution in [3.05, 3.63) is 35.3 Å². The lowest BCUT2D eigenvalue weighted by Gasteiger charge is -2.17. The van der Waals surface area contributed by atoms with Crippen molar-refractivity contribution in [1.82, 2.24) is 19.5 Å². The molecular weight excluding hydrogens is 352 g/mol. The third kappa shape index (κ3) is 3.61. The Morgan fingerprint density at radius 2 is 1.89 bits per heavy atom. The van der Waals surface area contributed by atoms with E-state index in [2.05, 4.69) is 30.3 Å². The minimum atomic E-state index is 0.0160. The van der Waals surface area contributed by atoms with E-state index in [-0.39, 0.29) is 12.6 Å². The number of aliphatic hydroxyl groups is 1. The van der Waals surface area contributed by atoms with Gasteiger partial charge in [-0.05, 0) is 43.9 Å². The van der Waals surface area contributed by atoms with Gasteiger partial charge >= 0.3 is 0 Å². The summed E-state index contributed by atoms with van der Waals surface area (Å²) in [6.07, 6.45) is 3.94. The number of aliphatic hydroxyl groups excluding tert-OH is 1. The Kier molecular flexibility index (Phi) is 5.98. The summed E-state index contributed by atoms with van der Waals surface area (Å²) >= 11 is 0. The van der Waals surface area contributed by atoms with Crippen molar-refractivity contribution in [3.8, 4) is 17.1 Å². The highest BCUT2D eigenvalue weighted by Crippen LogP contribution is 2.33. The van der Waals surface area contributed by atoms with Crippen LogP contribution in [0.1, 0.15) is 62.5 Å². The second-order valence-corrected chi connectivity index (χ2v) is 7.62. The molecule has 1 N–H and O–H groups in total. The minimum Gasteiger partial charge on any atom is -0.480 e. The molecule has 0 spiro atoms. The van der Waals surface area contributed by atoms with Crippen LogP contribution in [-0.4, -0.2) is 38.3 Å². The highest BCUT2D eigenvalue weighted by Gasteiger charge is 2.20. The fourth-order valence-electron chi connectivity index (χ4n) is 3.58. The molecule has 6 nitrogen and oxygen atoms in total. The summed E-state index contributed by atoms with van der Waals surface area (Å²) in [5, 5.41) is 9.83. The fraction of sp³-hybridized carbons (Fsp3) is 0.500. The summed E-state index contributed by atoms with van der Waals surface area (Å²) in [7, 11) is 1.63. The topological polar surface area (TPSA) is 73.1 Å². The lowest BCUT2D eigenvalue weighted by atomic mass is 10.1. The maximum absolute atomic E-state index is 9.83. The van der Waals surface area contributed by atoms with E-state index >= 15 is 0 Å². The molecule has 0 saturated heterocycles. The van der Waals surface area contributed by atoms with Gasteiger partial charge in [0, 0.05) is 11.9 Å². The third-order valence-corrected chi connectivity index (χ3v) is 5.15. The molecular formula is C22H30N4O2. The first-order valence-corrected chi connectivity index (χ1v) is 9.93. The van der Waals surface area contributed by atoms with Crippen molar-refractivity contribution in [3.63, 3.8) is 0 Å². The van der Waals surface area contributed by atoms with E-state index in [9.17, 15) is 5.11 Å². The number of fused-ring (bicyclic) bond motifs is 1. The van der Waals surface area contributed by atoms with Crippen LogP contribution >= 0.6 is 0 Å². The Bertz CT molecular complexity index is 978. The maximum Gasteiger partial charge on any atom is 0.222 e. The van der Waals surface area contributed by atoms with Crippen LogP contribution in [-0.2, 0) is 0 Å². The number of aryl methyl sites for hydroxylation is 2. The Morgan fingerprint density at radius 1 is 1.14 bits per heavy atom. The Balaban J connectivity index is 2.17. The molecule has 0 fully saturated rings. The minimum absolute atomic E-state index is 0.0160. The predicted octanol–water partition coefficient (Wildman–Crippen LogP) is 4.58. The molecule has 150 valence electrons. The molecule has 3 aromatic heterocycles. The molecule has 1 atom stereocenters. The van der Waals surface area contributed by atoms with Crippen molar-refractivity contribution in [2.45, 2.75) is 59.4 Å². The monoisotopic (exact) mass is 382 g/mol. The van der Waals surface area contributed by atoms with E-state index in [1.807, 2.05) is 32.2 Å². The van der Waals surface area contributed by atoms with Crippen molar-refractivity contribution in [2.75, 3.05) is 13.7 Å². The molecule has 0 unspecified atom stereocenters. The highest BCUT2D eigenvalue weighted by atomic mass is 16.5. The molecule has 0 aliphatic rings. The van der Waals surface area contributed by atoms with Gasteiger partial charge in [-0.3, -0.25) is 0 Å². The number of pyridine rings is 1. The normalized spacial score (nSPS) is 12.7. The lowest BCUT2D eigenvalue weighted by molar-refractivity contribution is 0.222. The van der Waals surface area contributed by atoms with E-state index in [1.165, 1.54) is 0 Å². The molecule has 0 amide bonds. The van der Waals surface area contributed by atoms with Crippen molar-refractivity contribution >= 4 is 11.2 Å². The SMILES string of the molecule is CCC[C@@H](CO)n1cc(C)c2nc(-c3ccc(C(C)C)nc3OC)c(C)nc21. The first-order chi connectivity index (χ1) is 13.4. The Labute approximate surface area is 166 Å². The maximum atomic E-state index is 9.83. The summed E-state index contributed by atoms with van der Waals surface area (Å²) in [4.78, 5) is 14.5. The van der Waals surface area contributed by atoms with Gasteiger partial charge in [-0.25, -0.2) is 15.0 Å². The van der Waals surface area contributed by atoms with Crippen LogP contribution in [0.5, 0.6) is 5.88 Å². The summed E-state index contributed by atoms with van der Waals surface area (Å²) in [5.41, 5.74) is 6.14. The van der Waals surface area contributed by atoms with Gasteiger partial charge in [-0.1, -0.05) is 27.2 Å². The van der Waals surface area contributed by atoms with E-state index < -0.39 is 0 Å². The second-order valence-electron chi connectivity index (χ2n) is 7.62. The molecule has 0 radical (unpaired) electrons. The van der Waals surface area contributed by atoms with Crippen LogP contribution in [0.15, 0.2) is 18.3 Å². The zero-order valence-electron chi connectivity index (χ0n) is 17.7. The van der Waals surface area contributed by atoms with Gasteiger partial charge in [0.05, 0.1) is 36.7 Å². The van der Waals surface area contributed by atoms with Crippen LogP contribution < -0.4 is 4.74 Å². The van der Waals surface area contributed by atoms with E-state index in [1.54, 1.807) is 7.11 Å². The Morgan fingerprint density at radius 3 is 2.50 bits per heavy atom. The highest BCUT2D eigenvalue weighted by molar-refractivity contribution is 5.80. The van der Waals surface area contributed by atoms with Crippen molar-refractivity contribution in [1.29, 1.82) is 0 Å². The molecule has 3 aromatic rings. The van der Waals surface area contributed by atoms with Gasteiger partial charge in [-0.2, -0.15) is 0 Å². The quantitative estimate of drug-likeness (QED) is 0.648. The van der Waals surface area contributed by atoms with Crippen LogP contribution in [0, 0.1) is 13.8 Å². The molecule has 0 aliphatic carbocycles. The first kappa shape index (κ1) is 20.3. The van der Waals surface area contributed by atoms with E-state index in [0.29, 0.717) is 11.8 Å². The number of ether oxygens (including phenoxy) is 1. The van der Waals surface area contributed by atoms with Gasteiger partial charge in [0.15, 0.2) is 5.65 Å². The zero-order chi connectivity index (χ0) is 20.4. The smallest absolute Gasteiger partial charge is 0.222 e. The van der Waals surface area contributed by atoms with E-state index in [4.69, 9.17) is 14.7 Å². The number of methoxy groups -OCH3 is 1. The average molecular weight is 383 g/mol. The number of rotatable bonds is 7. The molecule has 3 rings (SSSR count). The Hall–Kier alpha value is -2.47. The van der Waals surface area contributed by atoms with Crippen molar-refractivity contribution < 1.29 is 9.84 Å². The molecule has 6 heteroatoms. The standard InChI is InChI=1S/C22H30N4O2/c1-7-8-16(12-27)26-11-14(4)19-21(26)23-15(5)20(25-19)17-9-10-18(13(2)3)24-22(17)28-6/h9-11,13,16,27H,7-8,12H2,1-6H3/t16-/m0/s1. The summed E-state index contributed by atoms with van der Waals surface area (Å²) in [6, 6.07) is 4.06. The third-order valence-electron chi connectivity index (χ3n) is 5.15. The molecule has 3 heterocycles. The largest absolute Gasteiger partial charge is 0.480 e. The van der Waals surface area contributed by atoms with Gasteiger partial charge in [-0.15, -0.1) is 0 Å². The number of hydrogen-bond donors (Lipinski definition) is 1. The lowest BCUT2D eigenvalue weighted by Crippen LogP contribution is -2.13. The van der Waals surface area contributed by atoms with Gasteiger partial charge in [0.2, 0.25) is 5.88 Å². The van der Waals surface area contributed by atoms with Crippen LogP contribution in [0.4, 0.5) is 0 Å². The van der Waals surface area contributed by atoms with Gasteiger partial charge < -0.3 is 14.4 Å². The molecule has 0 bridgehead atoms. The molecule has 0 aromatic carbocycles. The van der Waals surface area contributed by atoms with E-state index in [0.717, 1.165) is 52.2 Å². The first-order valence-electron chi connectivity index (χ1n) is 9.93. The van der Waals surface area contributed by atoms with Crippen molar-refractivity contribution in [2.24, 2.45) is 0 Å². The predicted molar refractivity (Wildman–Crippen MR) is 112 cm³/mol. The van der Waals surface area contributed by atoms with Crippen LogP contribution in [0.2, 0.25) is 0 Å². The summed E-state index contributed by atoms with van der Waals surface area (Å²) in [6.45, 7) is 10.4. The number of hydrogen-bond acceptors (Lipinski definition) is 5. The fourth-order valence-corrected chi connectivity index (χ4v) is 3.58. The average Bonchev–Trinajstić information content (AvgIpc) is 3.00. The van der Waals surface area contributed by atoms with Gasteiger partial charge in [0.1, 0.15) is 5.52 Å². The van der Waals surface area contributed by atoms with Gasteiger partial charge in [0.25, 0.3) is 0 Å². The number of nitrogens with zero attached hydrogens (tertiary/aromatic N) is 4. The molecule has 28 heavy (non-hydrogen) atoms. The second kappa shape index (κ2) is 8.27. The summed E-state index contributed by atoms with van der Waals surface area (Å²) < 4.78 is 7.63.